The summed E-state index contributed by atoms with van der Waals surface area (Å²) >= 11 is 1.81. The number of aromatic nitrogens is 2. The molecule has 1 atom stereocenters. The minimum atomic E-state index is -0.678. The van der Waals surface area contributed by atoms with Crippen LogP contribution in [0.5, 0.6) is 5.75 Å². The molecule has 1 aliphatic heterocycles. The van der Waals surface area contributed by atoms with E-state index in [0.29, 0.717) is 50.6 Å². The first kappa shape index (κ1) is 34.0. The number of aliphatic hydroxyl groups excluding tert-OH is 2. The number of aryl methyl sites for hydroxylation is 1. The van der Waals surface area contributed by atoms with Crippen LogP contribution in [0.15, 0.2) is 53.8 Å². The number of aliphatic hydroxyl groups is 2. The Hall–Kier alpha value is -2.93. The summed E-state index contributed by atoms with van der Waals surface area (Å²) in [5, 5.41) is 27.7. The van der Waals surface area contributed by atoms with Gasteiger partial charge in [-0.05, 0) is 66.8 Å². The summed E-state index contributed by atoms with van der Waals surface area (Å²) in [7, 11) is 0. The zero-order valence-electron chi connectivity index (χ0n) is 25.6. The molecule has 240 valence electrons. The Balaban J connectivity index is 0.977. The number of thioether (sulfide) groups is 1. The van der Waals surface area contributed by atoms with E-state index < -0.39 is 12.1 Å². The van der Waals surface area contributed by atoms with Crippen LogP contribution in [0, 0.1) is 0 Å². The van der Waals surface area contributed by atoms with E-state index in [1.165, 1.54) is 6.92 Å². The monoisotopic (exact) mass is 626 g/mol. The van der Waals surface area contributed by atoms with E-state index in [-0.39, 0.29) is 6.61 Å². The third kappa shape index (κ3) is 11.5. The largest absolute Gasteiger partial charge is 0.426 e. The molecule has 3 aromatic rings. The Morgan fingerprint density at radius 3 is 2.80 bits per heavy atom. The SMILES string of the molecule is CC(=O)Oc1ccc([C@@H](O)CNCCCCCCOCCOCc2cccc(NCc3cn4c(n3)SCC4)c2)cc1CCO. The number of carbonyl (C=O) groups excluding carboxylic acids is 1. The van der Waals surface area contributed by atoms with E-state index in [4.69, 9.17) is 14.2 Å². The summed E-state index contributed by atoms with van der Waals surface area (Å²) in [5.74, 6) is 1.13. The van der Waals surface area contributed by atoms with Crippen molar-refractivity contribution >= 4 is 23.4 Å². The molecule has 0 spiro atoms. The lowest BCUT2D eigenvalue weighted by atomic mass is 10.0. The van der Waals surface area contributed by atoms with Gasteiger partial charge in [0.25, 0.3) is 0 Å². The van der Waals surface area contributed by atoms with E-state index >= 15 is 0 Å². The lowest BCUT2D eigenvalue weighted by molar-refractivity contribution is -0.131. The summed E-state index contributed by atoms with van der Waals surface area (Å²) in [5.41, 5.74) is 4.69. The summed E-state index contributed by atoms with van der Waals surface area (Å²) < 4.78 is 19.0. The van der Waals surface area contributed by atoms with Crippen molar-refractivity contribution in [2.45, 2.75) is 70.0 Å². The Morgan fingerprint density at radius 2 is 1.95 bits per heavy atom. The number of benzene rings is 2. The lowest BCUT2D eigenvalue weighted by Gasteiger charge is -2.15. The first-order valence-electron chi connectivity index (χ1n) is 15.5. The van der Waals surface area contributed by atoms with Gasteiger partial charge in [0.2, 0.25) is 0 Å². The van der Waals surface area contributed by atoms with Gasteiger partial charge in [-0.25, -0.2) is 4.98 Å². The number of nitrogens with one attached hydrogen (secondary N) is 2. The van der Waals surface area contributed by atoms with Gasteiger partial charge >= 0.3 is 5.97 Å². The van der Waals surface area contributed by atoms with Gasteiger partial charge in [-0.15, -0.1) is 0 Å². The van der Waals surface area contributed by atoms with Gasteiger partial charge in [-0.1, -0.05) is 42.8 Å². The molecule has 0 aliphatic carbocycles. The summed E-state index contributed by atoms with van der Waals surface area (Å²) in [6, 6.07) is 13.5. The highest BCUT2D eigenvalue weighted by Gasteiger charge is 2.14. The molecule has 0 bridgehead atoms. The third-order valence-corrected chi connectivity index (χ3v) is 8.20. The van der Waals surface area contributed by atoms with Crippen LogP contribution in [0.4, 0.5) is 5.69 Å². The second-order valence-corrected chi connectivity index (χ2v) is 11.9. The van der Waals surface area contributed by atoms with Crippen molar-refractivity contribution in [3.63, 3.8) is 0 Å². The maximum absolute atomic E-state index is 11.3. The second-order valence-electron chi connectivity index (χ2n) is 10.8. The topological polar surface area (TPSA) is 127 Å². The highest BCUT2D eigenvalue weighted by molar-refractivity contribution is 7.99. The van der Waals surface area contributed by atoms with Crippen LogP contribution in [-0.2, 0) is 40.4 Å². The average molecular weight is 627 g/mol. The summed E-state index contributed by atoms with van der Waals surface area (Å²) in [6.45, 7) is 6.72. The highest BCUT2D eigenvalue weighted by Crippen LogP contribution is 2.26. The normalized spacial score (nSPS) is 13.2. The molecule has 0 amide bonds. The number of rotatable bonds is 21. The zero-order valence-corrected chi connectivity index (χ0v) is 26.4. The number of imidazole rings is 1. The maximum atomic E-state index is 11.3. The van der Waals surface area contributed by atoms with Crippen LogP contribution in [0.2, 0.25) is 0 Å². The molecule has 1 aromatic heterocycles. The number of unbranched alkanes of at least 4 members (excludes halogenated alkanes) is 3. The zero-order chi connectivity index (χ0) is 31.0. The molecular weight excluding hydrogens is 580 g/mol. The molecule has 2 heterocycles. The molecule has 0 fully saturated rings. The van der Waals surface area contributed by atoms with E-state index in [1.54, 1.807) is 18.2 Å². The van der Waals surface area contributed by atoms with Crippen molar-refractivity contribution in [1.82, 2.24) is 14.9 Å². The Morgan fingerprint density at radius 1 is 1.09 bits per heavy atom. The Bertz CT molecular complexity index is 1280. The Kier molecular flexibility index (Phi) is 14.5. The van der Waals surface area contributed by atoms with Crippen molar-refractivity contribution in [1.29, 1.82) is 0 Å². The molecule has 1 aliphatic rings. The van der Waals surface area contributed by atoms with Crippen molar-refractivity contribution < 1.29 is 29.2 Å². The average Bonchev–Trinajstić information content (AvgIpc) is 3.62. The number of hydrogen-bond donors (Lipinski definition) is 4. The smallest absolute Gasteiger partial charge is 0.308 e. The van der Waals surface area contributed by atoms with Gasteiger partial charge in [-0.2, -0.15) is 0 Å². The molecule has 4 rings (SSSR count). The summed E-state index contributed by atoms with van der Waals surface area (Å²) in [6.07, 6.45) is 6.03. The number of esters is 1. The van der Waals surface area contributed by atoms with E-state index in [2.05, 4.69) is 44.6 Å². The minimum Gasteiger partial charge on any atom is -0.426 e. The molecule has 2 aromatic carbocycles. The van der Waals surface area contributed by atoms with Gasteiger partial charge in [0.15, 0.2) is 5.16 Å². The standard InChI is InChI=1S/C33H46N4O6S/c1-25(39)43-32-10-9-27(20-28(32)11-14-38)31(40)22-34-12-4-2-3-5-15-41-16-17-42-24-26-7-6-8-29(19-26)35-21-30-23-37-13-18-44-33(37)36-30/h6-10,19-20,23,31,34-35,38,40H,2-5,11-18,21-22,24H2,1H3/t31-/m0/s1. The van der Waals surface area contributed by atoms with Crippen LogP contribution in [-0.4, -0.2) is 71.0 Å². The molecule has 0 radical (unpaired) electrons. The fraction of sp³-hybridized carbons (Fsp3) is 0.515. The quantitative estimate of drug-likeness (QED) is 0.0764. The van der Waals surface area contributed by atoms with Gasteiger partial charge in [-0.3, -0.25) is 4.79 Å². The molecule has 0 unspecified atom stereocenters. The maximum Gasteiger partial charge on any atom is 0.308 e. The lowest BCUT2D eigenvalue weighted by Crippen LogP contribution is -2.22. The van der Waals surface area contributed by atoms with Gasteiger partial charge in [0.05, 0.1) is 38.2 Å². The molecule has 0 saturated carbocycles. The van der Waals surface area contributed by atoms with Crippen molar-refractivity contribution in [3.8, 4) is 5.75 Å². The second kappa shape index (κ2) is 18.8. The number of nitrogens with zero attached hydrogens (tertiary/aromatic N) is 2. The van der Waals surface area contributed by atoms with Crippen LogP contribution in [0.3, 0.4) is 0 Å². The van der Waals surface area contributed by atoms with E-state index in [1.807, 2.05) is 17.8 Å². The predicted octanol–water partition coefficient (Wildman–Crippen LogP) is 4.48. The van der Waals surface area contributed by atoms with Crippen LogP contribution in [0.1, 0.15) is 61.1 Å². The number of hydrogen-bond acceptors (Lipinski definition) is 10. The Labute approximate surface area is 264 Å². The number of ether oxygens (including phenoxy) is 3. The fourth-order valence-corrected chi connectivity index (χ4v) is 5.92. The number of carbonyl (C=O) groups is 1. The molecular formula is C33H46N4O6S. The molecule has 10 nitrogen and oxygen atoms in total. The molecule has 11 heteroatoms. The first-order chi connectivity index (χ1) is 21.5. The number of fused-ring (bicyclic) bond motifs is 1. The van der Waals surface area contributed by atoms with E-state index in [0.717, 1.165) is 78.8 Å². The van der Waals surface area contributed by atoms with Crippen LogP contribution in [0.25, 0.3) is 0 Å². The van der Waals surface area contributed by atoms with Crippen LogP contribution < -0.4 is 15.4 Å². The molecule has 44 heavy (non-hydrogen) atoms. The highest BCUT2D eigenvalue weighted by atomic mass is 32.2. The van der Waals surface area contributed by atoms with Crippen molar-refractivity contribution in [3.05, 3.63) is 71.0 Å². The van der Waals surface area contributed by atoms with Crippen LogP contribution >= 0.6 is 11.8 Å². The third-order valence-electron chi connectivity index (χ3n) is 7.23. The van der Waals surface area contributed by atoms with E-state index in [9.17, 15) is 15.0 Å². The molecule has 4 N–H and O–H groups in total. The first-order valence-corrected chi connectivity index (χ1v) is 16.5. The number of anilines is 1. The molecule has 0 saturated heterocycles. The predicted molar refractivity (Wildman–Crippen MR) is 172 cm³/mol. The summed E-state index contributed by atoms with van der Waals surface area (Å²) in [4.78, 5) is 16.0. The van der Waals surface area contributed by atoms with Crippen molar-refractivity contribution in [2.24, 2.45) is 0 Å². The fourth-order valence-electron chi connectivity index (χ4n) is 4.96. The van der Waals surface area contributed by atoms with Gasteiger partial charge in [0, 0.05) is 50.9 Å². The minimum absolute atomic E-state index is 0.0622. The van der Waals surface area contributed by atoms with Gasteiger partial charge in [0.1, 0.15) is 5.75 Å². The van der Waals surface area contributed by atoms with Gasteiger partial charge < -0.3 is 39.6 Å². The van der Waals surface area contributed by atoms with Crippen molar-refractivity contribution in [2.75, 3.05) is 50.6 Å².